The molecule has 0 rings (SSSR count). The maximum absolute atomic E-state index is 10.2. The van der Waals surface area contributed by atoms with Gasteiger partial charge in [-0.3, -0.25) is 0 Å². The van der Waals surface area contributed by atoms with Gasteiger partial charge in [0.15, 0.2) is 0 Å². The average molecular weight is 155 g/mol. The molecule has 0 saturated heterocycles. The zero-order valence-electron chi connectivity index (χ0n) is 6.41. The van der Waals surface area contributed by atoms with Crippen LogP contribution in [0, 0.1) is 6.61 Å². The molecule has 0 amide bonds. The molecule has 0 aliphatic rings. The van der Waals surface area contributed by atoms with Crippen molar-refractivity contribution in [3.8, 4) is 0 Å². The van der Waals surface area contributed by atoms with Crippen LogP contribution in [0.5, 0.6) is 0 Å². The lowest BCUT2D eigenvalue weighted by Gasteiger charge is -1.94. The summed E-state index contributed by atoms with van der Waals surface area (Å²) in [5, 5.41) is 8.40. The van der Waals surface area contributed by atoms with Crippen molar-refractivity contribution < 1.29 is 14.6 Å². The molecule has 0 aromatic rings. The first-order chi connectivity index (χ1) is 5.18. The third-order valence-electron chi connectivity index (χ3n) is 1.05. The van der Waals surface area contributed by atoms with Crippen LogP contribution in [0.4, 0.5) is 0 Å². The summed E-state index contributed by atoms with van der Waals surface area (Å²) in [5.74, 6) is -0.906. The largest absolute Gasteiger partial charge is 0.494 e. The predicted molar refractivity (Wildman–Crippen MR) is 41.6 cm³/mol. The molecule has 0 aliphatic carbocycles. The predicted octanol–water partition coefficient (Wildman–Crippen LogP) is 1.73. The van der Waals surface area contributed by atoms with Gasteiger partial charge in [-0.25, -0.2) is 4.79 Å². The first-order valence-corrected chi connectivity index (χ1v) is 3.16. The summed E-state index contributed by atoms with van der Waals surface area (Å²) in [4.78, 5) is 10.2. The van der Waals surface area contributed by atoms with Gasteiger partial charge in [-0.05, 0) is 6.92 Å². The van der Waals surface area contributed by atoms with Crippen LogP contribution >= 0.6 is 0 Å². The smallest absolute Gasteiger partial charge is 0.330 e. The number of rotatable bonds is 5. The highest BCUT2D eigenvalue weighted by Gasteiger charge is 1.97. The molecular weight excluding hydrogens is 144 g/mol. The Balaban J connectivity index is 3.56. The van der Waals surface area contributed by atoms with E-state index in [9.17, 15) is 4.79 Å². The zero-order valence-corrected chi connectivity index (χ0v) is 6.41. The molecule has 0 saturated carbocycles. The number of hydrogen-bond acceptors (Lipinski definition) is 2. The highest BCUT2D eigenvalue weighted by Crippen LogP contribution is 1.98. The molecule has 3 heteroatoms. The van der Waals surface area contributed by atoms with Crippen molar-refractivity contribution in [2.24, 2.45) is 0 Å². The lowest BCUT2D eigenvalue weighted by Crippen LogP contribution is -1.95. The van der Waals surface area contributed by atoms with Gasteiger partial charge in [0.2, 0.25) is 0 Å². The molecule has 61 valence electrons. The van der Waals surface area contributed by atoms with E-state index in [1.807, 2.05) is 0 Å². The summed E-state index contributed by atoms with van der Waals surface area (Å²) in [7, 11) is 0. The number of hydrogen-bond donors (Lipinski definition) is 1. The quantitative estimate of drug-likeness (QED) is 0.373. The van der Waals surface area contributed by atoms with E-state index in [-0.39, 0.29) is 0 Å². The van der Waals surface area contributed by atoms with Crippen LogP contribution < -0.4 is 0 Å². The molecule has 3 nitrogen and oxygen atoms in total. The minimum absolute atomic E-state index is 0.314. The Hall–Kier alpha value is -1.25. The van der Waals surface area contributed by atoms with E-state index in [0.717, 1.165) is 0 Å². The molecule has 0 aromatic carbocycles. The summed E-state index contributed by atoms with van der Waals surface area (Å²) in [6, 6.07) is 0. The molecule has 0 bridgehead atoms. The third-order valence-corrected chi connectivity index (χ3v) is 1.05. The summed E-state index contributed by atoms with van der Waals surface area (Å²) in [6.45, 7) is 6.33. The second kappa shape index (κ2) is 5.53. The maximum Gasteiger partial charge on any atom is 0.330 e. The van der Waals surface area contributed by atoms with E-state index in [2.05, 4.69) is 11.3 Å². The highest BCUT2D eigenvalue weighted by atomic mass is 16.5. The second-order valence-corrected chi connectivity index (χ2v) is 1.90. The van der Waals surface area contributed by atoms with Crippen molar-refractivity contribution in [2.75, 3.05) is 0 Å². The Morgan fingerprint density at radius 2 is 2.36 bits per heavy atom. The van der Waals surface area contributed by atoms with E-state index in [1.165, 1.54) is 19.8 Å². The Morgan fingerprint density at radius 3 is 2.82 bits per heavy atom. The molecule has 0 heterocycles. The highest BCUT2D eigenvalue weighted by molar-refractivity contribution is 5.85. The summed E-state index contributed by atoms with van der Waals surface area (Å²) >= 11 is 0. The van der Waals surface area contributed by atoms with Crippen molar-refractivity contribution in [1.82, 2.24) is 0 Å². The molecule has 0 aliphatic heterocycles. The van der Waals surface area contributed by atoms with Crippen LogP contribution in [0.15, 0.2) is 24.5 Å². The van der Waals surface area contributed by atoms with Gasteiger partial charge in [0, 0.05) is 12.0 Å². The molecule has 0 fully saturated rings. The lowest BCUT2D eigenvalue weighted by atomic mass is 10.2. The van der Waals surface area contributed by atoms with Crippen LogP contribution in [-0.4, -0.2) is 11.1 Å². The lowest BCUT2D eigenvalue weighted by molar-refractivity contribution is -0.132. The van der Waals surface area contributed by atoms with Gasteiger partial charge in [-0.15, -0.1) is 0 Å². The fraction of sp³-hybridized carbons (Fsp3) is 0.250. The third kappa shape index (κ3) is 5.21. The van der Waals surface area contributed by atoms with Gasteiger partial charge in [0.05, 0.1) is 6.26 Å². The van der Waals surface area contributed by atoms with Gasteiger partial charge < -0.3 is 9.84 Å². The molecule has 0 aromatic heterocycles. The van der Waals surface area contributed by atoms with Crippen LogP contribution in [0.1, 0.15) is 13.3 Å². The van der Waals surface area contributed by atoms with Crippen molar-refractivity contribution in [1.29, 1.82) is 0 Å². The number of carboxylic acid groups (broad SMARTS) is 1. The van der Waals surface area contributed by atoms with Gasteiger partial charge in [-0.2, -0.15) is 0 Å². The van der Waals surface area contributed by atoms with Gasteiger partial charge in [0.25, 0.3) is 0 Å². The number of carbonyl (C=O) groups is 1. The fourth-order valence-electron chi connectivity index (χ4n) is 0.436. The Morgan fingerprint density at radius 1 is 1.73 bits per heavy atom. The number of ether oxygens (including phenoxy) is 1. The summed E-state index contributed by atoms with van der Waals surface area (Å²) in [6.07, 6.45) is 3.32. The monoisotopic (exact) mass is 155 g/mol. The van der Waals surface area contributed by atoms with Crippen LogP contribution in [0.3, 0.4) is 0 Å². The molecule has 1 N–H and O–H groups in total. The van der Waals surface area contributed by atoms with Crippen molar-refractivity contribution in [3.63, 3.8) is 0 Å². The molecule has 0 spiro atoms. The number of carboxylic acids is 1. The average Bonchev–Trinajstić information content (AvgIpc) is 1.97. The van der Waals surface area contributed by atoms with Crippen molar-refractivity contribution in [3.05, 3.63) is 31.1 Å². The minimum Gasteiger partial charge on any atom is -0.494 e. The Labute approximate surface area is 66.0 Å². The van der Waals surface area contributed by atoms with Crippen LogP contribution in [0.2, 0.25) is 0 Å². The van der Waals surface area contributed by atoms with Crippen LogP contribution in [0.25, 0.3) is 0 Å². The molecular formula is C8H11O3. The SMILES string of the molecule is C=CO[CH]CC=C(C)C(=O)O. The van der Waals surface area contributed by atoms with E-state index in [1.54, 1.807) is 6.08 Å². The second-order valence-electron chi connectivity index (χ2n) is 1.90. The standard InChI is InChI=1S/C8H11O3/c1-3-11-6-4-5-7(2)8(9)10/h3,5-6H,1,4H2,2H3,(H,9,10). The summed E-state index contributed by atoms with van der Waals surface area (Å²) < 4.78 is 4.67. The van der Waals surface area contributed by atoms with Crippen molar-refractivity contribution in [2.45, 2.75) is 13.3 Å². The Kier molecular flexibility index (Phi) is 4.90. The topological polar surface area (TPSA) is 46.5 Å². The first-order valence-electron chi connectivity index (χ1n) is 3.16. The minimum atomic E-state index is -0.906. The molecule has 0 unspecified atom stereocenters. The first kappa shape index (κ1) is 9.75. The van der Waals surface area contributed by atoms with E-state index >= 15 is 0 Å². The van der Waals surface area contributed by atoms with E-state index in [0.29, 0.717) is 12.0 Å². The normalized spacial score (nSPS) is 10.8. The van der Waals surface area contributed by atoms with Crippen molar-refractivity contribution >= 4 is 5.97 Å². The Bertz CT molecular complexity index is 170. The fourth-order valence-corrected chi connectivity index (χ4v) is 0.436. The summed E-state index contributed by atoms with van der Waals surface area (Å²) in [5.41, 5.74) is 0.314. The van der Waals surface area contributed by atoms with E-state index in [4.69, 9.17) is 5.11 Å². The maximum atomic E-state index is 10.2. The zero-order chi connectivity index (χ0) is 8.69. The number of aliphatic carboxylic acids is 1. The molecule has 11 heavy (non-hydrogen) atoms. The van der Waals surface area contributed by atoms with Gasteiger partial charge in [0.1, 0.15) is 6.61 Å². The van der Waals surface area contributed by atoms with Crippen LogP contribution in [-0.2, 0) is 9.53 Å². The molecule has 0 atom stereocenters. The van der Waals surface area contributed by atoms with E-state index < -0.39 is 5.97 Å². The van der Waals surface area contributed by atoms with Gasteiger partial charge in [-0.1, -0.05) is 12.7 Å². The van der Waals surface area contributed by atoms with Gasteiger partial charge >= 0.3 is 5.97 Å². The molecule has 1 radical (unpaired) electrons.